The highest BCUT2D eigenvalue weighted by Gasteiger charge is 2.46. The standard InChI is InChI=1S/C17H28O8/c1-4-7-12(18)23-11-10-22-17(21)16(25-14(20)9-6-3)15(11)24-13(19)8-5-2/h11,15-17,21H,4-10H2,1-3H3/t11-,15-,16+,17?/m0/s1. The summed E-state index contributed by atoms with van der Waals surface area (Å²) in [5, 5.41) is 10.0. The average molecular weight is 360 g/mol. The fraction of sp³-hybridized carbons (Fsp3) is 0.824. The first-order valence-electron chi connectivity index (χ1n) is 8.80. The van der Waals surface area contributed by atoms with Crippen LogP contribution in [0.5, 0.6) is 0 Å². The highest BCUT2D eigenvalue weighted by molar-refractivity contribution is 5.71. The van der Waals surface area contributed by atoms with Crippen LogP contribution in [-0.2, 0) is 33.3 Å². The van der Waals surface area contributed by atoms with Gasteiger partial charge in [0.2, 0.25) is 0 Å². The smallest absolute Gasteiger partial charge is 0.306 e. The zero-order chi connectivity index (χ0) is 18.8. The Bertz CT molecular complexity index is 450. The summed E-state index contributed by atoms with van der Waals surface area (Å²) < 4.78 is 21.0. The Morgan fingerprint density at radius 1 is 0.840 bits per heavy atom. The Kier molecular flexibility index (Phi) is 9.44. The van der Waals surface area contributed by atoms with Gasteiger partial charge in [0.05, 0.1) is 6.61 Å². The lowest BCUT2D eigenvalue weighted by Gasteiger charge is -2.38. The van der Waals surface area contributed by atoms with Crippen LogP contribution in [0.15, 0.2) is 0 Å². The van der Waals surface area contributed by atoms with Crippen molar-refractivity contribution in [3.63, 3.8) is 0 Å². The van der Waals surface area contributed by atoms with E-state index in [0.29, 0.717) is 19.3 Å². The fourth-order valence-corrected chi connectivity index (χ4v) is 2.39. The van der Waals surface area contributed by atoms with Crippen molar-refractivity contribution in [2.45, 2.75) is 83.9 Å². The molecule has 0 radical (unpaired) electrons. The number of carbonyl (C=O) groups is 3. The Morgan fingerprint density at radius 2 is 1.28 bits per heavy atom. The van der Waals surface area contributed by atoms with Crippen molar-refractivity contribution in [1.82, 2.24) is 0 Å². The molecule has 0 amide bonds. The molecule has 1 N–H and O–H groups in total. The van der Waals surface area contributed by atoms with Crippen molar-refractivity contribution in [3.05, 3.63) is 0 Å². The lowest BCUT2D eigenvalue weighted by Crippen LogP contribution is -2.57. The average Bonchev–Trinajstić information content (AvgIpc) is 2.54. The van der Waals surface area contributed by atoms with E-state index in [4.69, 9.17) is 18.9 Å². The van der Waals surface area contributed by atoms with Crippen molar-refractivity contribution < 1.29 is 38.4 Å². The molecule has 0 bridgehead atoms. The molecule has 0 aromatic carbocycles. The molecule has 25 heavy (non-hydrogen) atoms. The van der Waals surface area contributed by atoms with Crippen LogP contribution >= 0.6 is 0 Å². The molecule has 8 nitrogen and oxygen atoms in total. The molecular weight excluding hydrogens is 332 g/mol. The highest BCUT2D eigenvalue weighted by Crippen LogP contribution is 2.24. The van der Waals surface area contributed by atoms with E-state index >= 15 is 0 Å². The zero-order valence-corrected chi connectivity index (χ0v) is 15.1. The van der Waals surface area contributed by atoms with Gasteiger partial charge in [-0.3, -0.25) is 14.4 Å². The predicted molar refractivity (Wildman–Crippen MR) is 86.3 cm³/mol. The molecule has 0 aliphatic carbocycles. The molecule has 0 aromatic heterocycles. The molecule has 0 spiro atoms. The molecule has 1 heterocycles. The maximum absolute atomic E-state index is 11.9. The summed E-state index contributed by atoms with van der Waals surface area (Å²) >= 11 is 0. The minimum atomic E-state index is -1.46. The molecule has 1 aliphatic rings. The van der Waals surface area contributed by atoms with E-state index in [0.717, 1.165) is 0 Å². The summed E-state index contributed by atoms with van der Waals surface area (Å²) in [5.74, 6) is -1.54. The number of esters is 3. The van der Waals surface area contributed by atoms with Gasteiger partial charge in [-0.15, -0.1) is 0 Å². The van der Waals surface area contributed by atoms with Gasteiger partial charge in [-0.05, 0) is 19.3 Å². The number of rotatable bonds is 9. The molecule has 0 aromatic rings. The number of aliphatic hydroxyl groups excluding tert-OH is 1. The third kappa shape index (κ3) is 6.99. The largest absolute Gasteiger partial charge is 0.456 e. The van der Waals surface area contributed by atoms with Gasteiger partial charge in [-0.25, -0.2) is 0 Å². The summed E-state index contributed by atoms with van der Waals surface area (Å²) in [6, 6.07) is 0. The summed E-state index contributed by atoms with van der Waals surface area (Å²) in [4.78, 5) is 35.5. The van der Waals surface area contributed by atoms with Crippen LogP contribution in [0.3, 0.4) is 0 Å². The topological polar surface area (TPSA) is 108 Å². The Morgan fingerprint density at radius 3 is 1.76 bits per heavy atom. The van der Waals surface area contributed by atoms with Gasteiger partial charge in [0.25, 0.3) is 0 Å². The van der Waals surface area contributed by atoms with Gasteiger partial charge in [0, 0.05) is 19.3 Å². The van der Waals surface area contributed by atoms with Gasteiger partial charge in [-0.2, -0.15) is 0 Å². The monoisotopic (exact) mass is 360 g/mol. The molecule has 8 heteroatoms. The fourth-order valence-electron chi connectivity index (χ4n) is 2.39. The molecule has 1 aliphatic heterocycles. The molecule has 1 saturated heterocycles. The van der Waals surface area contributed by atoms with Gasteiger partial charge in [0.15, 0.2) is 24.6 Å². The van der Waals surface area contributed by atoms with E-state index in [-0.39, 0.29) is 25.9 Å². The second-order valence-electron chi connectivity index (χ2n) is 5.91. The number of aliphatic hydroxyl groups is 1. The minimum absolute atomic E-state index is 0.150. The molecule has 0 saturated carbocycles. The Labute approximate surface area is 147 Å². The van der Waals surface area contributed by atoms with E-state index in [9.17, 15) is 19.5 Å². The number of hydrogen-bond donors (Lipinski definition) is 1. The van der Waals surface area contributed by atoms with Crippen molar-refractivity contribution in [3.8, 4) is 0 Å². The summed E-state index contributed by atoms with van der Waals surface area (Å²) in [6.07, 6.45) is -2.48. The molecule has 1 fully saturated rings. The maximum atomic E-state index is 11.9. The summed E-state index contributed by atoms with van der Waals surface area (Å²) in [5.41, 5.74) is 0. The third-order valence-corrected chi connectivity index (χ3v) is 3.58. The van der Waals surface area contributed by atoms with Crippen LogP contribution in [0, 0.1) is 0 Å². The van der Waals surface area contributed by atoms with Crippen LogP contribution in [0.1, 0.15) is 59.3 Å². The van der Waals surface area contributed by atoms with E-state index in [1.165, 1.54) is 0 Å². The SMILES string of the molecule is CCCC(=O)O[C@H]1[C@@H](OC(=O)CCC)COC(O)[C@@H]1OC(=O)CCC. The van der Waals surface area contributed by atoms with E-state index in [2.05, 4.69) is 0 Å². The number of ether oxygens (including phenoxy) is 4. The van der Waals surface area contributed by atoms with E-state index < -0.39 is 42.5 Å². The third-order valence-electron chi connectivity index (χ3n) is 3.58. The normalized spacial score (nSPS) is 25.9. The first kappa shape index (κ1) is 21.4. The Balaban J connectivity index is 2.91. The van der Waals surface area contributed by atoms with E-state index in [1.807, 2.05) is 20.8 Å². The molecule has 4 atom stereocenters. The van der Waals surface area contributed by atoms with Gasteiger partial charge >= 0.3 is 17.9 Å². The quantitative estimate of drug-likeness (QED) is 0.486. The van der Waals surface area contributed by atoms with Crippen molar-refractivity contribution >= 4 is 17.9 Å². The second kappa shape index (κ2) is 11.0. The van der Waals surface area contributed by atoms with Crippen LogP contribution < -0.4 is 0 Å². The van der Waals surface area contributed by atoms with Gasteiger partial charge in [0.1, 0.15) is 0 Å². The maximum Gasteiger partial charge on any atom is 0.306 e. The van der Waals surface area contributed by atoms with Crippen molar-refractivity contribution in [1.29, 1.82) is 0 Å². The van der Waals surface area contributed by atoms with Crippen LogP contribution in [0.4, 0.5) is 0 Å². The van der Waals surface area contributed by atoms with Crippen molar-refractivity contribution in [2.24, 2.45) is 0 Å². The van der Waals surface area contributed by atoms with Crippen LogP contribution in [0.2, 0.25) is 0 Å². The van der Waals surface area contributed by atoms with Crippen molar-refractivity contribution in [2.75, 3.05) is 6.61 Å². The summed E-state index contributed by atoms with van der Waals surface area (Å²) in [6.45, 7) is 5.31. The second-order valence-corrected chi connectivity index (χ2v) is 5.91. The molecule has 1 unspecified atom stereocenters. The Hall–Kier alpha value is -1.67. The zero-order valence-electron chi connectivity index (χ0n) is 15.1. The first-order chi connectivity index (χ1) is 11.9. The van der Waals surface area contributed by atoms with Crippen LogP contribution in [-0.4, -0.2) is 54.2 Å². The molecule has 1 rings (SSSR count). The van der Waals surface area contributed by atoms with Gasteiger partial charge < -0.3 is 24.1 Å². The number of hydrogen-bond acceptors (Lipinski definition) is 8. The molecule has 144 valence electrons. The lowest BCUT2D eigenvalue weighted by atomic mass is 10.0. The predicted octanol–water partition coefficient (Wildman–Crippen LogP) is 1.47. The van der Waals surface area contributed by atoms with Crippen LogP contribution in [0.25, 0.3) is 0 Å². The first-order valence-corrected chi connectivity index (χ1v) is 8.80. The lowest BCUT2D eigenvalue weighted by molar-refractivity contribution is -0.268. The van der Waals surface area contributed by atoms with Gasteiger partial charge in [-0.1, -0.05) is 20.8 Å². The summed E-state index contributed by atoms with van der Waals surface area (Å²) in [7, 11) is 0. The number of carbonyl (C=O) groups excluding carboxylic acids is 3. The van der Waals surface area contributed by atoms with E-state index in [1.54, 1.807) is 0 Å². The highest BCUT2D eigenvalue weighted by atomic mass is 16.7. The molecular formula is C17H28O8. The minimum Gasteiger partial charge on any atom is -0.456 e.